The van der Waals surface area contributed by atoms with Gasteiger partial charge in [0.25, 0.3) is 0 Å². The van der Waals surface area contributed by atoms with Crippen molar-refractivity contribution in [3.8, 4) is 0 Å². The summed E-state index contributed by atoms with van der Waals surface area (Å²) in [5.74, 6) is -0.997. The molecule has 2 heteroatoms. The predicted molar refractivity (Wildman–Crippen MR) is 125 cm³/mol. The first-order valence-electron chi connectivity index (χ1n) is 10.5. The zero-order valence-corrected chi connectivity index (χ0v) is 20.3. The van der Waals surface area contributed by atoms with Crippen LogP contribution >= 0.6 is 0 Å². The van der Waals surface area contributed by atoms with Gasteiger partial charge in [0.05, 0.1) is 0 Å². The third-order valence-electron chi connectivity index (χ3n) is 6.22. The summed E-state index contributed by atoms with van der Waals surface area (Å²) in [6.45, 7) is 2.61. The molecule has 0 nitrogen and oxygen atoms in total. The molecule has 0 bridgehead atoms. The molecule has 3 aromatic carbocycles. The number of rotatable bonds is 5. The molecule has 0 aliphatic heterocycles. The molecule has 141 valence electrons. The zero-order chi connectivity index (χ0) is 19.6. The van der Waals surface area contributed by atoms with E-state index in [1.807, 2.05) is 0 Å². The second-order valence-electron chi connectivity index (χ2n) is 7.99. The van der Waals surface area contributed by atoms with Gasteiger partial charge in [0.2, 0.25) is 0 Å². The summed E-state index contributed by atoms with van der Waals surface area (Å²) in [5, 5.41) is 0. The monoisotopic (exact) mass is 467 g/mol. The average Bonchev–Trinajstić information content (AvgIpc) is 3.39. The molecule has 2 aliphatic carbocycles. The summed E-state index contributed by atoms with van der Waals surface area (Å²) in [5.41, 5.74) is 10.0. The molecule has 0 amide bonds. The molecule has 5 rings (SSSR count). The first-order chi connectivity index (χ1) is 14.3. The molecule has 0 fully saturated rings. The molecule has 2 aliphatic rings. The average molecular weight is 469 g/mol. The number of benzene rings is 3. The minimum absolute atomic E-state index is 0.691. The van der Waals surface area contributed by atoms with Gasteiger partial charge < -0.3 is 0 Å². The van der Waals surface area contributed by atoms with Crippen LogP contribution in [0, 0.1) is 0 Å². The number of allylic oxidation sites excluding steroid dienone is 2. The van der Waals surface area contributed by atoms with Crippen molar-refractivity contribution in [3.05, 3.63) is 125 Å². The Morgan fingerprint density at radius 3 is 1.79 bits per heavy atom. The summed E-state index contributed by atoms with van der Waals surface area (Å²) in [6, 6.07) is 29.0. The van der Waals surface area contributed by atoms with Gasteiger partial charge in [0.1, 0.15) is 0 Å². The van der Waals surface area contributed by atoms with E-state index < -0.39 is 26.8 Å². The van der Waals surface area contributed by atoms with Crippen molar-refractivity contribution in [1.82, 2.24) is 0 Å². The van der Waals surface area contributed by atoms with Gasteiger partial charge in [-0.15, -0.1) is 0 Å². The van der Waals surface area contributed by atoms with Crippen molar-refractivity contribution >= 4 is 24.2 Å². The molecule has 0 heterocycles. The summed E-state index contributed by atoms with van der Waals surface area (Å²) in [6.07, 6.45) is 12.3. The van der Waals surface area contributed by atoms with E-state index in [-0.39, 0.29) is 0 Å². The molecule has 3 unspecified atom stereocenters. The molecule has 0 radical (unpaired) electrons. The Bertz CT molecular complexity index is 1030. The van der Waals surface area contributed by atoms with E-state index in [1.54, 1.807) is 11.1 Å². The number of hydrogen-bond acceptors (Lipinski definition) is 0. The Kier molecular flexibility index (Phi) is 5.48. The second kappa shape index (κ2) is 8.38. The van der Waals surface area contributed by atoms with Gasteiger partial charge in [-0.1, -0.05) is 0 Å². The van der Waals surface area contributed by atoms with Crippen LogP contribution in [0.1, 0.15) is 35.1 Å². The van der Waals surface area contributed by atoms with Gasteiger partial charge in [-0.3, -0.25) is 0 Å². The third kappa shape index (κ3) is 3.77. The molecule has 3 aromatic rings. The zero-order valence-electron chi connectivity index (χ0n) is 16.7. The van der Waals surface area contributed by atoms with E-state index in [0.717, 1.165) is 0 Å². The van der Waals surface area contributed by atoms with Crippen molar-refractivity contribution in [2.75, 3.05) is 0 Å². The van der Waals surface area contributed by atoms with Crippen LogP contribution in [-0.2, 0) is 20.9 Å². The van der Waals surface area contributed by atoms with Crippen molar-refractivity contribution in [1.29, 1.82) is 0 Å². The number of fused-ring (bicyclic) bond motifs is 2. The topological polar surface area (TPSA) is 0 Å². The number of hydrogen-bond donors (Lipinski definition) is 0. The molecule has 0 N–H and O–H groups in total. The molecule has 0 saturated heterocycles. The van der Waals surface area contributed by atoms with E-state index in [4.69, 9.17) is 0 Å². The Hall–Kier alpha value is -2.02. The van der Waals surface area contributed by atoms with Crippen LogP contribution in [0.5, 0.6) is 0 Å². The van der Waals surface area contributed by atoms with E-state index in [9.17, 15) is 0 Å². The first kappa shape index (κ1) is 19.0. The second-order valence-corrected chi connectivity index (χ2v) is 26.1. The standard InChI is InChI=1S/C9H11Si.2C9H7.Zr/c1-10-8-7-9-5-3-2-4-6-9;2*1-2-5-9-7-3-6-8(9)4-1;/h2-8,10H,1H3;2*1-7H;. The Labute approximate surface area is 182 Å². The van der Waals surface area contributed by atoms with Gasteiger partial charge in [-0.05, 0) is 0 Å². The van der Waals surface area contributed by atoms with Crippen molar-refractivity contribution in [3.63, 3.8) is 0 Å². The van der Waals surface area contributed by atoms with Gasteiger partial charge in [0.15, 0.2) is 0 Å². The van der Waals surface area contributed by atoms with E-state index in [0.29, 0.717) is 7.25 Å². The molecular weight excluding hydrogens is 444 g/mol. The Morgan fingerprint density at radius 2 is 1.21 bits per heavy atom. The van der Waals surface area contributed by atoms with Crippen molar-refractivity contribution < 1.29 is 20.9 Å². The quantitative estimate of drug-likeness (QED) is 0.363. The van der Waals surface area contributed by atoms with Crippen molar-refractivity contribution in [2.24, 2.45) is 0 Å². The molecule has 29 heavy (non-hydrogen) atoms. The van der Waals surface area contributed by atoms with Crippen LogP contribution in [-0.4, -0.2) is 5.92 Å². The third-order valence-corrected chi connectivity index (χ3v) is 27.5. The van der Waals surface area contributed by atoms with Crippen molar-refractivity contribution in [2.45, 2.75) is 13.8 Å². The van der Waals surface area contributed by atoms with E-state index >= 15 is 0 Å². The molecular formula is C27H25SiZr. The summed E-state index contributed by atoms with van der Waals surface area (Å²) in [7, 11) is 0. The summed E-state index contributed by atoms with van der Waals surface area (Å²) >= 11 is -1.91. The summed E-state index contributed by atoms with van der Waals surface area (Å²) < 4.78 is 1.38. The van der Waals surface area contributed by atoms with Crippen LogP contribution in [0.2, 0.25) is 6.55 Å². The van der Waals surface area contributed by atoms with Crippen LogP contribution in [0.4, 0.5) is 0 Å². The Balaban J connectivity index is 1.53. The van der Waals surface area contributed by atoms with E-state index in [2.05, 4.69) is 121 Å². The molecule has 0 saturated carbocycles. The normalized spacial score (nSPS) is 20.0. The van der Waals surface area contributed by atoms with Gasteiger partial charge in [0, 0.05) is 0 Å². The minimum atomic E-state index is -1.91. The fourth-order valence-electron chi connectivity index (χ4n) is 4.77. The first-order valence-corrected chi connectivity index (χ1v) is 19.9. The van der Waals surface area contributed by atoms with Gasteiger partial charge >= 0.3 is 183 Å². The predicted octanol–water partition coefficient (Wildman–Crippen LogP) is 6.75. The fourth-order valence-corrected chi connectivity index (χ4v) is 26.4. The summed E-state index contributed by atoms with van der Waals surface area (Å²) in [4.78, 5) is 0. The molecule has 0 aromatic heterocycles. The SMILES string of the molecule is C[SiH](C=Cc1ccccc1)[Zr]([CH]1C=Cc2ccccc21)[CH]1C=Cc2ccccc21. The van der Waals surface area contributed by atoms with Crippen LogP contribution in [0.25, 0.3) is 18.2 Å². The van der Waals surface area contributed by atoms with Crippen LogP contribution in [0.3, 0.4) is 0 Å². The molecule has 3 atom stereocenters. The van der Waals surface area contributed by atoms with Gasteiger partial charge in [-0.2, -0.15) is 0 Å². The fraction of sp³-hybridized carbons (Fsp3) is 0.111. The van der Waals surface area contributed by atoms with Gasteiger partial charge in [-0.25, -0.2) is 0 Å². The Morgan fingerprint density at radius 1 is 0.690 bits per heavy atom. The molecule has 0 spiro atoms. The van der Waals surface area contributed by atoms with Crippen LogP contribution < -0.4 is 0 Å². The van der Waals surface area contributed by atoms with Crippen LogP contribution in [0.15, 0.2) is 96.7 Å². The maximum absolute atomic E-state index is 2.63. The van der Waals surface area contributed by atoms with E-state index in [1.165, 1.54) is 16.7 Å². The maximum atomic E-state index is 2.63.